The molecule has 0 aromatic rings. The standard InChI is InChI=1S/C57H110NO12P/c1-7-11-15-19-23-31-39-51(40-32-24-20-16-12-8-2)68-55(60)44-36-28-27-35-43-54(59)65-49-53(50-67-71(63,64)66-48-47-58(5)6)70-57(62)46-38-30-29-37-45-56(61)69-52(41-33-25-21-17-13-9-3)42-34-26-22-18-14-10-4/h51-53H,7-50H2,1-6H3,(H,63,64)/t53-/m0/s1. The van der Waals surface area contributed by atoms with Gasteiger partial charge in [-0.25, -0.2) is 4.57 Å². The highest BCUT2D eigenvalue weighted by Crippen LogP contribution is 2.43. The number of unbranched alkanes of at least 4 members (excludes halogenated alkanes) is 26. The maximum absolute atomic E-state index is 12.9. The van der Waals surface area contributed by atoms with Crippen molar-refractivity contribution in [2.45, 2.75) is 303 Å². The number of nitrogens with zero attached hydrogens (tertiary/aromatic N) is 1. The highest BCUT2D eigenvalue weighted by Gasteiger charge is 2.26. The molecular formula is C57H110NO12P. The fraction of sp³-hybridized carbons (Fsp3) is 0.930. The number of hydrogen-bond acceptors (Lipinski definition) is 12. The fourth-order valence-electron chi connectivity index (χ4n) is 8.58. The molecule has 0 bridgehead atoms. The monoisotopic (exact) mass is 1030 g/mol. The van der Waals surface area contributed by atoms with Crippen molar-refractivity contribution in [3.05, 3.63) is 0 Å². The highest BCUT2D eigenvalue weighted by atomic mass is 31.2. The minimum absolute atomic E-state index is 0.00564. The van der Waals surface area contributed by atoms with Crippen LogP contribution < -0.4 is 0 Å². The number of phosphoric ester groups is 1. The lowest BCUT2D eigenvalue weighted by molar-refractivity contribution is -0.161. The van der Waals surface area contributed by atoms with Crippen LogP contribution in [0.15, 0.2) is 0 Å². The van der Waals surface area contributed by atoms with Crippen molar-refractivity contribution in [3.63, 3.8) is 0 Å². The molecule has 14 heteroatoms. The number of rotatable bonds is 54. The van der Waals surface area contributed by atoms with Crippen molar-refractivity contribution < 1.29 is 56.6 Å². The van der Waals surface area contributed by atoms with Gasteiger partial charge < -0.3 is 28.7 Å². The maximum Gasteiger partial charge on any atom is 0.472 e. The highest BCUT2D eigenvalue weighted by molar-refractivity contribution is 7.47. The van der Waals surface area contributed by atoms with Crippen LogP contribution in [0.4, 0.5) is 0 Å². The van der Waals surface area contributed by atoms with Crippen LogP contribution in [0.2, 0.25) is 0 Å². The second-order valence-corrected chi connectivity index (χ2v) is 21.9. The number of carbonyl (C=O) groups is 4. The number of esters is 4. The van der Waals surface area contributed by atoms with Gasteiger partial charge in [0.15, 0.2) is 6.10 Å². The summed E-state index contributed by atoms with van der Waals surface area (Å²) in [5.41, 5.74) is 0. The Morgan fingerprint density at radius 3 is 1.03 bits per heavy atom. The molecular weight excluding hydrogens is 922 g/mol. The van der Waals surface area contributed by atoms with Crippen molar-refractivity contribution in [3.8, 4) is 0 Å². The third kappa shape index (κ3) is 48.6. The van der Waals surface area contributed by atoms with E-state index in [0.29, 0.717) is 51.5 Å². The van der Waals surface area contributed by atoms with Crippen LogP contribution in [-0.2, 0) is 51.7 Å². The lowest BCUT2D eigenvalue weighted by atomic mass is 10.0. The molecule has 0 saturated carbocycles. The van der Waals surface area contributed by atoms with E-state index >= 15 is 0 Å². The summed E-state index contributed by atoms with van der Waals surface area (Å²) >= 11 is 0. The van der Waals surface area contributed by atoms with E-state index in [-0.39, 0.29) is 50.2 Å². The van der Waals surface area contributed by atoms with Crippen molar-refractivity contribution in [2.75, 3.05) is 40.5 Å². The van der Waals surface area contributed by atoms with Crippen LogP contribution in [0.3, 0.4) is 0 Å². The van der Waals surface area contributed by atoms with E-state index in [9.17, 15) is 28.6 Å². The zero-order valence-corrected chi connectivity index (χ0v) is 47.6. The lowest BCUT2D eigenvalue weighted by Gasteiger charge is -2.20. The summed E-state index contributed by atoms with van der Waals surface area (Å²) in [7, 11) is -0.856. The summed E-state index contributed by atoms with van der Waals surface area (Å²) < 4.78 is 45.7. The molecule has 13 nitrogen and oxygen atoms in total. The third-order valence-electron chi connectivity index (χ3n) is 13.1. The molecule has 0 radical (unpaired) electrons. The van der Waals surface area contributed by atoms with Gasteiger partial charge in [0, 0.05) is 32.2 Å². The Balaban J connectivity index is 4.87. The molecule has 0 amide bonds. The van der Waals surface area contributed by atoms with Crippen LogP contribution in [0, 0.1) is 0 Å². The first-order valence-electron chi connectivity index (χ1n) is 29.4. The van der Waals surface area contributed by atoms with Crippen LogP contribution in [-0.4, -0.2) is 92.4 Å². The number of likely N-dealkylation sites (N-methyl/N-ethyl adjacent to an activating group) is 1. The SMILES string of the molecule is CCCCCCCCC(CCCCCCCC)OC(=O)CCCCCCC(=O)OC[C@@H](COP(=O)(O)OCCN(C)C)OC(=O)CCCCCCC(=O)OC(CCCCCCCC)CCCCCCCC. The molecule has 0 aliphatic rings. The fourth-order valence-corrected chi connectivity index (χ4v) is 9.32. The Labute approximate surface area is 435 Å². The summed E-state index contributed by atoms with van der Waals surface area (Å²) in [6.45, 7) is 8.42. The van der Waals surface area contributed by atoms with E-state index in [2.05, 4.69) is 27.7 Å². The van der Waals surface area contributed by atoms with E-state index in [4.69, 9.17) is 28.0 Å². The summed E-state index contributed by atoms with van der Waals surface area (Å²) in [6, 6.07) is 0. The predicted molar refractivity (Wildman–Crippen MR) is 288 cm³/mol. The Hall–Kier alpha value is -2.05. The van der Waals surface area contributed by atoms with Gasteiger partial charge in [0.2, 0.25) is 0 Å². The number of carbonyl (C=O) groups excluding carboxylic acids is 4. The van der Waals surface area contributed by atoms with Crippen molar-refractivity contribution in [2.24, 2.45) is 0 Å². The quantitative estimate of drug-likeness (QED) is 0.0265. The summed E-state index contributed by atoms with van der Waals surface area (Å²) in [6.07, 6.45) is 38.1. The van der Waals surface area contributed by atoms with E-state index in [1.54, 1.807) is 19.0 Å². The molecule has 0 rings (SSSR count). The second kappa shape index (κ2) is 50.1. The topological polar surface area (TPSA) is 164 Å². The average Bonchev–Trinajstić information content (AvgIpc) is 3.33. The smallest absolute Gasteiger partial charge is 0.462 e. The van der Waals surface area contributed by atoms with Gasteiger partial charge >= 0.3 is 31.7 Å². The number of ether oxygens (including phenoxy) is 4. The molecule has 71 heavy (non-hydrogen) atoms. The van der Waals surface area contributed by atoms with Crippen LogP contribution in [0.1, 0.15) is 285 Å². The van der Waals surface area contributed by atoms with Crippen LogP contribution in [0.25, 0.3) is 0 Å². The van der Waals surface area contributed by atoms with E-state index < -0.39 is 32.5 Å². The van der Waals surface area contributed by atoms with E-state index in [1.807, 2.05) is 0 Å². The number of hydrogen-bond donors (Lipinski definition) is 1. The van der Waals surface area contributed by atoms with Crippen LogP contribution in [0.5, 0.6) is 0 Å². The first kappa shape index (κ1) is 69.0. The number of phosphoric acid groups is 1. The Morgan fingerprint density at radius 1 is 0.394 bits per heavy atom. The first-order chi connectivity index (χ1) is 34.3. The van der Waals surface area contributed by atoms with Gasteiger partial charge in [0.1, 0.15) is 18.8 Å². The summed E-state index contributed by atoms with van der Waals surface area (Å²) in [4.78, 5) is 63.3. The molecule has 0 aromatic carbocycles. The molecule has 420 valence electrons. The minimum Gasteiger partial charge on any atom is -0.462 e. The summed E-state index contributed by atoms with van der Waals surface area (Å²) in [5.74, 6) is -1.31. The molecule has 0 fully saturated rings. The predicted octanol–water partition coefficient (Wildman–Crippen LogP) is 15.6. The van der Waals surface area contributed by atoms with Crippen molar-refractivity contribution in [1.82, 2.24) is 4.90 Å². The van der Waals surface area contributed by atoms with Gasteiger partial charge in [0.05, 0.1) is 13.2 Å². The first-order valence-corrected chi connectivity index (χ1v) is 30.9. The lowest BCUT2D eigenvalue weighted by Crippen LogP contribution is -2.29. The van der Waals surface area contributed by atoms with Gasteiger partial charge in [-0.05, 0) is 91.1 Å². The van der Waals surface area contributed by atoms with E-state index in [1.165, 1.54) is 128 Å². The Kier molecular flexibility index (Phi) is 48.7. The third-order valence-corrected chi connectivity index (χ3v) is 14.1. The molecule has 0 heterocycles. The molecule has 2 atom stereocenters. The molecule has 1 unspecified atom stereocenters. The minimum atomic E-state index is -4.46. The molecule has 0 aromatic heterocycles. The van der Waals surface area contributed by atoms with E-state index in [0.717, 1.165) is 70.6 Å². The molecule has 0 spiro atoms. The second-order valence-electron chi connectivity index (χ2n) is 20.5. The largest absolute Gasteiger partial charge is 0.472 e. The van der Waals surface area contributed by atoms with Gasteiger partial charge in [-0.15, -0.1) is 0 Å². The van der Waals surface area contributed by atoms with Gasteiger partial charge in [-0.2, -0.15) is 0 Å². The molecule has 1 N–H and O–H groups in total. The maximum atomic E-state index is 12.9. The van der Waals surface area contributed by atoms with Crippen molar-refractivity contribution in [1.29, 1.82) is 0 Å². The summed E-state index contributed by atoms with van der Waals surface area (Å²) in [5, 5.41) is 0. The van der Waals surface area contributed by atoms with Gasteiger partial charge in [0.25, 0.3) is 0 Å². The molecule has 0 aliphatic heterocycles. The van der Waals surface area contributed by atoms with Gasteiger partial charge in [-0.1, -0.05) is 182 Å². The zero-order chi connectivity index (χ0) is 52.5. The molecule has 0 saturated heterocycles. The Bertz CT molecular complexity index is 1270. The van der Waals surface area contributed by atoms with Gasteiger partial charge in [-0.3, -0.25) is 28.2 Å². The Morgan fingerprint density at radius 2 is 0.690 bits per heavy atom. The average molecular weight is 1030 g/mol. The zero-order valence-electron chi connectivity index (χ0n) is 46.7. The molecule has 0 aliphatic carbocycles. The van der Waals surface area contributed by atoms with Crippen LogP contribution >= 0.6 is 7.82 Å². The van der Waals surface area contributed by atoms with Crippen molar-refractivity contribution >= 4 is 31.7 Å². The normalized spacial score (nSPS) is 12.9.